The standard InChI is InChI=1S/C11H12N3O2/c15-10(16)9-11(5-7(11)1-4-13-9)8-2-3-12-6-14-8/h2-3,7,9,13H,1,4-5H2,(H,15,16). The molecule has 2 aliphatic rings. The molecular formula is C11H12N3O2. The van der Waals surface area contributed by atoms with Crippen LogP contribution in [-0.4, -0.2) is 33.6 Å². The number of aliphatic carboxylic acids is 1. The number of nitrogens with one attached hydrogen (secondary N) is 1. The van der Waals surface area contributed by atoms with E-state index in [4.69, 9.17) is 0 Å². The van der Waals surface area contributed by atoms with Crippen molar-refractivity contribution >= 4 is 5.97 Å². The van der Waals surface area contributed by atoms with Gasteiger partial charge in [0.15, 0.2) is 6.33 Å². The molecule has 0 spiro atoms. The van der Waals surface area contributed by atoms with E-state index in [1.165, 1.54) is 0 Å². The summed E-state index contributed by atoms with van der Waals surface area (Å²) in [6.45, 7) is 0.776. The summed E-state index contributed by atoms with van der Waals surface area (Å²) in [5, 5.41) is 12.3. The number of nitrogens with zero attached hydrogens (tertiary/aromatic N) is 2. The maximum atomic E-state index is 11.3. The first kappa shape index (κ1) is 9.72. The molecule has 3 atom stereocenters. The molecule has 2 heterocycles. The molecule has 3 rings (SSSR count). The number of hydrogen-bond acceptors (Lipinski definition) is 4. The summed E-state index contributed by atoms with van der Waals surface area (Å²) in [5.41, 5.74) is 0.496. The molecule has 2 N–H and O–H groups in total. The largest absolute Gasteiger partial charge is 0.480 e. The third-order valence-corrected chi connectivity index (χ3v) is 3.77. The van der Waals surface area contributed by atoms with Gasteiger partial charge in [0.05, 0.1) is 5.69 Å². The van der Waals surface area contributed by atoms with Gasteiger partial charge in [-0.2, -0.15) is 0 Å². The Morgan fingerprint density at radius 2 is 2.56 bits per heavy atom. The third kappa shape index (κ3) is 1.18. The predicted molar refractivity (Wildman–Crippen MR) is 54.7 cm³/mol. The minimum atomic E-state index is -0.791. The predicted octanol–water partition coefficient (Wildman–Crippen LogP) is -0.0190. The van der Waals surface area contributed by atoms with Gasteiger partial charge in [-0.1, -0.05) is 0 Å². The molecular weight excluding hydrogens is 206 g/mol. The van der Waals surface area contributed by atoms with Crippen LogP contribution in [0.3, 0.4) is 0 Å². The highest BCUT2D eigenvalue weighted by Crippen LogP contribution is 2.59. The first-order valence-corrected chi connectivity index (χ1v) is 5.41. The molecule has 83 valence electrons. The van der Waals surface area contributed by atoms with Crippen molar-refractivity contribution in [3.63, 3.8) is 0 Å². The van der Waals surface area contributed by atoms with Gasteiger partial charge in [0.1, 0.15) is 6.04 Å². The summed E-state index contributed by atoms with van der Waals surface area (Å²) in [4.78, 5) is 19.1. The maximum absolute atomic E-state index is 11.3. The Hall–Kier alpha value is -1.49. The van der Waals surface area contributed by atoms with Crippen LogP contribution < -0.4 is 5.32 Å². The minimum Gasteiger partial charge on any atom is -0.480 e. The molecule has 5 nitrogen and oxygen atoms in total. The van der Waals surface area contributed by atoms with Crippen molar-refractivity contribution in [2.45, 2.75) is 24.3 Å². The molecule has 1 aliphatic carbocycles. The minimum absolute atomic E-state index is 0.316. The lowest BCUT2D eigenvalue weighted by atomic mass is 9.86. The summed E-state index contributed by atoms with van der Waals surface area (Å²) in [5.74, 6) is -0.348. The van der Waals surface area contributed by atoms with E-state index in [0.29, 0.717) is 5.92 Å². The quantitative estimate of drug-likeness (QED) is 0.729. The fourth-order valence-electron chi connectivity index (χ4n) is 2.94. The van der Waals surface area contributed by atoms with E-state index < -0.39 is 12.0 Å². The lowest BCUT2D eigenvalue weighted by molar-refractivity contribution is -0.141. The van der Waals surface area contributed by atoms with Crippen molar-refractivity contribution in [3.8, 4) is 0 Å². The summed E-state index contributed by atoms with van der Waals surface area (Å²) < 4.78 is 0. The fraction of sp³-hybridized carbons (Fsp3) is 0.545. The van der Waals surface area contributed by atoms with Crippen molar-refractivity contribution in [1.29, 1.82) is 0 Å². The molecule has 5 heteroatoms. The van der Waals surface area contributed by atoms with E-state index in [1.807, 2.05) is 0 Å². The summed E-state index contributed by atoms with van der Waals surface area (Å²) in [6.07, 6.45) is 6.10. The van der Waals surface area contributed by atoms with Crippen LogP contribution in [0.4, 0.5) is 0 Å². The van der Waals surface area contributed by atoms with Crippen molar-refractivity contribution in [2.75, 3.05) is 6.54 Å². The highest BCUT2D eigenvalue weighted by atomic mass is 16.4. The molecule has 2 fully saturated rings. The highest BCUT2D eigenvalue weighted by Gasteiger charge is 2.64. The van der Waals surface area contributed by atoms with Crippen LogP contribution in [0.15, 0.2) is 12.3 Å². The average molecular weight is 218 g/mol. The van der Waals surface area contributed by atoms with Gasteiger partial charge >= 0.3 is 5.97 Å². The molecule has 1 radical (unpaired) electrons. The number of carboxylic acids is 1. The monoisotopic (exact) mass is 218 g/mol. The van der Waals surface area contributed by atoms with Crippen molar-refractivity contribution in [3.05, 3.63) is 24.3 Å². The zero-order valence-corrected chi connectivity index (χ0v) is 8.68. The summed E-state index contributed by atoms with van der Waals surface area (Å²) >= 11 is 0. The molecule has 3 unspecified atom stereocenters. The Balaban J connectivity index is 2.01. The number of hydrogen-bond donors (Lipinski definition) is 2. The smallest absolute Gasteiger partial charge is 0.321 e. The van der Waals surface area contributed by atoms with Gasteiger partial charge in [0.2, 0.25) is 0 Å². The van der Waals surface area contributed by atoms with E-state index in [1.54, 1.807) is 12.3 Å². The van der Waals surface area contributed by atoms with Crippen LogP contribution in [0.5, 0.6) is 0 Å². The molecule has 1 saturated carbocycles. The molecule has 1 aromatic rings. The second-order valence-corrected chi connectivity index (χ2v) is 4.50. The van der Waals surface area contributed by atoms with Gasteiger partial charge < -0.3 is 10.4 Å². The number of aromatic nitrogens is 2. The fourth-order valence-corrected chi connectivity index (χ4v) is 2.94. The Labute approximate surface area is 92.9 Å². The maximum Gasteiger partial charge on any atom is 0.321 e. The summed E-state index contributed by atoms with van der Waals surface area (Å²) in [6, 6.07) is 1.29. The van der Waals surface area contributed by atoms with Gasteiger partial charge in [-0.25, -0.2) is 9.97 Å². The zero-order valence-electron chi connectivity index (χ0n) is 8.68. The molecule has 0 bridgehead atoms. The second kappa shape index (κ2) is 3.25. The van der Waals surface area contributed by atoms with Crippen molar-refractivity contribution in [2.24, 2.45) is 5.92 Å². The van der Waals surface area contributed by atoms with Crippen molar-refractivity contribution in [1.82, 2.24) is 15.3 Å². The second-order valence-electron chi connectivity index (χ2n) is 4.50. The number of rotatable bonds is 2. The van der Waals surface area contributed by atoms with Crippen LogP contribution >= 0.6 is 0 Å². The molecule has 0 amide bonds. The van der Waals surface area contributed by atoms with E-state index in [-0.39, 0.29) is 5.41 Å². The summed E-state index contributed by atoms with van der Waals surface area (Å²) in [7, 11) is 0. The van der Waals surface area contributed by atoms with Gasteiger partial charge in [-0.3, -0.25) is 4.79 Å². The number of carbonyl (C=O) groups is 1. The van der Waals surface area contributed by atoms with E-state index in [9.17, 15) is 9.90 Å². The number of fused-ring (bicyclic) bond motifs is 1. The van der Waals surface area contributed by atoms with Gasteiger partial charge in [-0.15, -0.1) is 0 Å². The highest BCUT2D eigenvalue weighted by molar-refractivity contribution is 5.77. The Morgan fingerprint density at radius 1 is 1.69 bits per heavy atom. The lowest BCUT2D eigenvalue weighted by Crippen LogP contribution is -2.50. The molecule has 16 heavy (non-hydrogen) atoms. The SMILES string of the molecule is O=C(O)C1NCCC2CC21c1ccn[c]n1. The van der Waals surface area contributed by atoms with E-state index in [0.717, 1.165) is 25.1 Å². The van der Waals surface area contributed by atoms with Gasteiger partial charge in [0, 0.05) is 11.6 Å². The molecule has 1 saturated heterocycles. The van der Waals surface area contributed by atoms with Crippen LogP contribution in [0.2, 0.25) is 0 Å². The average Bonchev–Trinajstić information content (AvgIpc) is 3.05. The van der Waals surface area contributed by atoms with Crippen LogP contribution in [0.25, 0.3) is 0 Å². The van der Waals surface area contributed by atoms with E-state index >= 15 is 0 Å². The molecule has 1 aromatic heterocycles. The molecule has 0 aromatic carbocycles. The topological polar surface area (TPSA) is 75.1 Å². The van der Waals surface area contributed by atoms with Crippen LogP contribution in [0, 0.1) is 12.2 Å². The van der Waals surface area contributed by atoms with Crippen LogP contribution in [0.1, 0.15) is 18.5 Å². The number of carboxylic acid groups (broad SMARTS) is 1. The molecule has 1 aliphatic heterocycles. The lowest BCUT2D eigenvalue weighted by Gasteiger charge is -2.29. The number of piperidine rings is 1. The Kier molecular flexibility index (Phi) is 1.97. The normalized spacial score (nSPS) is 36.5. The van der Waals surface area contributed by atoms with Gasteiger partial charge in [-0.05, 0) is 31.4 Å². The third-order valence-electron chi connectivity index (χ3n) is 3.77. The zero-order chi connectivity index (χ0) is 11.2. The Bertz CT molecular complexity index is 422. The van der Waals surface area contributed by atoms with Crippen LogP contribution in [-0.2, 0) is 10.2 Å². The first-order chi connectivity index (χ1) is 7.75. The van der Waals surface area contributed by atoms with E-state index in [2.05, 4.69) is 21.6 Å². The first-order valence-electron chi connectivity index (χ1n) is 5.41. The van der Waals surface area contributed by atoms with Gasteiger partial charge in [0.25, 0.3) is 0 Å². The van der Waals surface area contributed by atoms with Crippen molar-refractivity contribution < 1.29 is 9.90 Å². The Morgan fingerprint density at radius 3 is 3.25 bits per heavy atom.